The topological polar surface area (TPSA) is 32.3 Å². The van der Waals surface area contributed by atoms with E-state index in [-0.39, 0.29) is 5.41 Å². The van der Waals surface area contributed by atoms with Crippen molar-refractivity contribution in [3.63, 3.8) is 0 Å². The van der Waals surface area contributed by atoms with Crippen LogP contribution in [-0.4, -0.2) is 23.8 Å². The van der Waals surface area contributed by atoms with Crippen LogP contribution in [0, 0.1) is 5.41 Å². The van der Waals surface area contributed by atoms with Crippen molar-refractivity contribution in [2.75, 3.05) is 13.1 Å². The standard InChI is InChI=1S/C9H19NO/c1-4-9(11)5-6-10-7-8(9,2)3/h10-11H,4-7H2,1-3H3. The Morgan fingerprint density at radius 1 is 1.45 bits per heavy atom. The highest BCUT2D eigenvalue weighted by molar-refractivity contribution is 4.97. The summed E-state index contributed by atoms with van der Waals surface area (Å²) in [5.41, 5.74) is -0.418. The molecule has 0 saturated carbocycles. The van der Waals surface area contributed by atoms with E-state index < -0.39 is 5.60 Å². The SMILES string of the molecule is CCC1(O)CCNCC1(C)C. The van der Waals surface area contributed by atoms with Crippen LogP contribution < -0.4 is 5.32 Å². The molecule has 0 aliphatic carbocycles. The van der Waals surface area contributed by atoms with Crippen LogP contribution in [0.4, 0.5) is 0 Å². The van der Waals surface area contributed by atoms with E-state index in [4.69, 9.17) is 0 Å². The third kappa shape index (κ3) is 1.42. The molecular formula is C9H19NO. The van der Waals surface area contributed by atoms with Crippen LogP contribution in [0.2, 0.25) is 0 Å². The van der Waals surface area contributed by atoms with Crippen LogP contribution in [0.15, 0.2) is 0 Å². The highest BCUT2D eigenvalue weighted by Crippen LogP contribution is 2.37. The first-order chi connectivity index (χ1) is 5.02. The molecule has 0 amide bonds. The summed E-state index contributed by atoms with van der Waals surface area (Å²) in [6.45, 7) is 8.20. The molecule has 1 atom stereocenters. The van der Waals surface area contributed by atoms with Gasteiger partial charge in [-0.05, 0) is 19.4 Å². The molecule has 1 aliphatic heterocycles. The summed E-state index contributed by atoms with van der Waals surface area (Å²) in [6.07, 6.45) is 1.75. The van der Waals surface area contributed by atoms with E-state index in [0.29, 0.717) is 0 Å². The molecule has 0 bridgehead atoms. The van der Waals surface area contributed by atoms with Gasteiger partial charge in [0.1, 0.15) is 0 Å². The van der Waals surface area contributed by atoms with Gasteiger partial charge in [-0.15, -0.1) is 0 Å². The second kappa shape index (κ2) is 2.76. The molecule has 1 heterocycles. The molecule has 2 N–H and O–H groups in total. The van der Waals surface area contributed by atoms with Crippen molar-refractivity contribution >= 4 is 0 Å². The monoisotopic (exact) mass is 157 g/mol. The molecule has 2 nitrogen and oxygen atoms in total. The molecule has 0 aromatic heterocycles. The predicted octanol–water partition coefficient (Wildman–Crippen LogP) is 1.15. The average molecular weight is 157 g/mol. The lowest BCUT2D eigenvalue weighted by molar-refractivity contribution is -0.0900. The first-order valence-electron chi connectivity index (χ1n) is 4.45. The largest absolute Gasteiger partial charge is 0.389 e. The maximum absolute atomic E-state index is 10.2. The molecule has 2 heteroatoms. The molecule has 1 rings (SSSR count). The maximum Gasteiger partial charge on any atom is 0.0720 e. The zero-order valence-electron chi connectivity index (χ0n) is 7.78. The quantitative estimate of drug-likeness (QED) is 0.598. The minimum Gasteiger partial charge on any atom is -0.389 e. The summed E-state index contributed by atoms with van der Waals surface area (Å²) >= 11 is 0. The van der Waals surface area contributed by atoms with Crippen LogP contribution in [0.5, 0.6) is 0 Å². The summed E-state index contributed by atoms with van der Waals surface area (Å²) in [5, 5.41) is 13.5. The van der Waals surface area contributed by atoms with Crippen LogP contribution >= 0.6 is 0 Å². The fourth-order valence-corrected chi connectivity index (χ4v) is 1.85. The lowest BCUT2D eigenvalue weighted by Gasteiger charge is -2.46. The van der Waals surface area contributed by atoms with Crippen molar-refractivity contribution < 1.29 is 5.11 Å². The van der Waals surface area contributed by atoms with Gasteiger partial charge in [0.15, 0.2) is 0 Å². The fraction of sp³-hybridized carbons (Fsp3) is 1.00. The van der Waals surface area contributed by atoms with Crippen molar-refractivity contribution in [2.24, 2.45) is 5.41 Å². The van der Waals surface area contributed by atoms with Crippen LogP contribution in [-0.2, 0) is 0 Å². The molecule has 0 spiro atoms. The van der Waals surface area contributed by atoms with Gasteiger partial charge >= 0.3 is 0 Å². The van der Waals surface area contributed by atoms with Gasteiger partial charge in [0.25, 0.3) is 0 Å². The normalized spacial score (nSPS) is 37.1. The zero-order chi connectivity index (χ0) is 8.54. The van der Waals surface area contributed by atoms with E-state index in [1.165, 1.54) is 0 Å². The van der Waals surface area contributed by atoms with Gasteiger partial charge in [0.2, 0.25) is 0 Å². The lowest BCUT2D eigenvalue weighted by atomic mass is 9.69. The van der Waals surface area contributed by atoms with E-state index in [1.54, 1.807) is 0 Å². The second-order valence-corrected chi connectivity index (χ2v) is 4.20. The van der Waals surface area contributed by atoms with E-state index in [0.717, 1.165) is 25.9 Å². The van der Waals surface area contributed by atoms with Crippen molar-refractivity contribution in [2.45, 2.75) is 39.2 Å². The van der Waals surface area contributed by atoms with E-state index in [1.807, 2.05) is 0 Å². The van der Waals surface area contributed by atoms with E-state index in [2.05, 4.69) is 26.1 Å². The Hall–Kier alpha value is -0.0800. The summed E-state index contributed by atoms with van der Waals surface area (Å²) < 4.78 is 0. The first kappa shape index (κ1) is 9.01. The number of hydrogen-bond acceptors (Lipinski definition) is 2. The smallest absolute Gasteiger partial charge is 0.0720 e. The van der Waals surface area contributed by atoms with Gasteiger partial charge in [0.05, 0.1) is 5.60 Å². The van der Waals surface area contributed by atoms with Crippen LogP contribution in [0.1, 0.15) is 33.6 Å². The van der Waals surface area contributed by atoms with E-state index in [9.17, 15) is 5.11 Å². The van der Waals surface area contributed by atoms with Crippen molar-refractivity contribution in [3.05, 3.63) is 0 Å². The summed E-state index contributed by atoms with van der Waals surface area (Å²) in [7, 11) is 0. The summed E-state index contributed by atoms with van der Waals surface area (Å²) in [4.78, 5) is 0. The summed E-state index contributed by atoms with van der Waals surface area (Å²) in [5.74, 6) is 0. The predicted molar refractivity (Wildman–Crippen MR) is 46.5 cm³/mol. The molecule has 0 aromatic carbocycles. The van der Waals surface area contributed by atoms with Gasteiger partial charge < -0.3 is 10.4 Å². The molecule has 0 aromatic rings. The Balaban J connectivity index is 2.74. The minimum absolute atomic E-state index is 0.0278. The molecule has 1 fully saturated rings. The third-order valence-electron chi connectivity index (χ3n) is 3.13. The molecule has 0 radical (unpaired) electrons. The third-order valence-corrected chi connectivity index (χ3v) is 3.13. The van der Waals surface area contributed by atoms with Crippen molar-refractivity contribution in [3.8, 4) is 0 Å². The molecule has 1 unspecified atom stereocenters. The number of hydrogen-bond donors (Lipinski definition) is 2. The Bertz CT molecular complexity index is 144. The van der Waals surface area contributed by atoms with Gasteiger partial charge in [-0.25, -0.2) is 0 Å². The zero-order valence-corrected chi connectivity index (χ0v) is 7.78. The number of aliphatic hydroxyl groups is 1. The lowest BCUT2D eigenvalue weighted by Crippen LogP contribution is -2.55. The Labute approximate surface area is 69.0 Å². The molecule has 1 saturated heterocycles. The fourth-order valence-electron chi connectivity index (χ4n) is 1.85. The molecular weight excluding hydrogens is 138 g/mol. The molecule has 11 heavy (non-hydrogen) atoms. The second-order valence-electron chi connectivity index (χ2n) is 4.20. The Kier molecular flexibility index (Phi) is 2.26. The van der Waals surface area contributed by atoms with Crippen molar-refractivity contribution in [1.29, 1.82) is 0 Å². The molecule has 66 valence electrons. The maximum atomic E-state index is 10.2. The Morgan fingerprint density at radius 2 is 2.09 bits per heavy atom. The van der Waals surface area contributed by atoms with Gasteiger partial charge in [-0.2, -0.15) is 0 Å². The summed E-state index contributed by atoms with van der Waals surface area (Å²) in [6, 6.07) is 0. The van der Waals surface area contributed by atoms with Crippen molar-refractivity contribution in [1.82, 2.24) is 5.32 Å². The highest BCUT2D eigenvalue weighted by atomic mass is 16.3. The van der Waals surface area contributed by atoms with Crippen LogP contribution in [0.3, 0.4) is 0 Å². The average Bonchev–Trinajstić information content (AvgIpc) is 1.95. The van der Waals surface area contributed by atoms with Crippen LogP contribution in [0.25, 0.3) is 0 Å². The minimum atomic E-state index is -0.446. The highest BCUT2D eigenvalue weighted by Gasteiger charge is 2.43. The van der Waals surface area contributed by atoms with Gasteiger partial charge in [-0.1, -0.05) is 20.8 Å². The Morgan fingerprint density at radius 3 is 2.45 bits per heavy atom. The first-order valence-corrected chi connectivity index (χ1v) is 4.45. The number of rotatable bonds is 1. The number of nitrogens with one attached hydrogen (secondary N) is 1. The molecule has 1 aliphatic rings. The van der Waals surface area contributed by atoms with E-state index >= 15 is 0 Å². The van der Waals surface area contributed by atoms with Gasteiger partial charge in [0, 0.05) is 12.0 Å². The number of piperidine rings is 1. The van der Waals surface area contributed by atoms with Gasteiger partial charge in [-0.3, -0.25) is 0 Å².